The maximum absolute atomic E-state index is 12.6. The summed E-state index contributed by atoms with van der Waals surface area (Å²) in [6, 6.07) is -2.12. The first kappa shape index (κ1) is 17.3. The Bertz CT molecular complexity index is 430. The van der Waals surface area contributed by atoms with Gasteiger partial charge in [0.2, 0.25) is 0 Å². The van der Waals surface area contributed by atoms with Crippen LogP contribution < -0.4 is 5.32 Å². The van der Waals surface area contributed by atoms with E-state index in [1.165, 1.54) is 0 Å². The standard InChI is InChI=1S/C10H9F6NO4/c1-2-3-20-6(18)4-5-7(19)21-8(17-5,9(11,12)13)10(14,15)16/h2,5,17H,1,3-4H2/t5-/m0/s1. The molecule has 0 aliphatic carbocycles. The minimum atomic E-state index is -5.94. The summed E-state index contributed by atoms with van der Waals surface area (Å²) in [5, 5.41) is 0.993. The molecule has 1 rings (SSSR count). The first-order chi connectivity index (χ1) is 9.44. The Kier molecular flexibility index (Phi) is 4.56. The largest absolute Gasteiger partial charge is 0.461 e. The molecule has 11 heteroatoms. The fourth-order valence-corrected chi connectivity index (χ4v) is 1.51. The normalized spacial score (nSPS) is 21.8. The van der Waals surface area contributed by atoms with Crippen LogP contribution in [0.1, 0.15) is 6.42 Å². The number of halogens is 6. The van der Waals surface area contributed by atoms with Crippen molar-refractivity contribution in [3.63, 3.8) is 0 Å². The molecule has 1 atom stereocenters. The van der Waals surface area contributed by atoms with E-state index in [1.54, 1.807) is 0 Å². The number of carbonyl (C=O) groups excluding carboxylic acids is 2. The summed E-state index contributed by atoms with van der Waals surface area (Å²) in [5.41, 5.74) is -4.83. The number of nitrogens with one attached hydrogen (secondary N) is 1. The lowest BCUT2D eigenvalue weighted by Gasteiger charge is -2.31. The molecule has 0 aromatic heterocycles. The highest BCUT2D eigenvalue weighted by atomic mass is 19.4. The number of esters is 2. The lowest BCUT2D eigenvalue weighted by molar-refractivity contribution is -0.369. The molecule has 0 saturated carbocycles. The Hall–Kier alpha value is -1.78. The first-order valence-corrected chi connectivity index (χ1v) is 5.35. The number of hydrogen-bond acceptors (Lipinski definition) is 5. The molecule has 0 spiro atoms. The minimum absolute atomic E-state index is 0.301. The van der Waals surface area contributed by atoms with Gasteiger partial charge < -0.3 is 9.47 Å². The third-order valence-corrected chi connectivity index (χ3v) is 2.45. The van der Waals surface area contributed by atoms with Crippen LogP contribution in [0.15, 0.2) is 12.7 Å². The maximum Gasteiger partial charge on any atom is 0.452 e. The summed E-state index contributed by atoms with van der Waals surface area (Å²) in [7, 11) is 0. The van der Waals surface area contributed by atoms with Gasteiger partial charge in [-0.25, -0.2) is 0 Å². The highest BCUT2D eigenvalue weighted by molar-refractivity contribution is 5.84. The van der Waals surface area contributed by atoms with E-state index in [-0.39, 0.29) is 6.61 Å². The van der Waals surface area contributed by atoms with Gasteiger partial charge in [-0.3, -0.25) is 14.9 Å². The molecule has 1 heterocycles. The number of cyclic esters (lactones) is 1. The van der Waals surface area contributed by atoms with Crippen molar-refractivity contribution >= 4 is 11.9 Å². The highest BCUT2D eigenvalue weighted by Crippen LogP contribution is 2.46. The van der Waals surface area contributed by atoms with Crippen LogP contribution in [0.25, 0.3) is 0 Å². The number of carbonyl (C=O) groups is 2. The predicted molar refractivity (Wildman–Crippen MR) is 53.6 cm³/mol. The Balaban J connectivity index is 2.93. The highest BCUT2D eigenvalue weighted by Gasteiger charge is 2.78. The molecule has 0 unspecified atom stereocenters. The van der Waals surface area contributed by atoms with Gasteiger partial charge in [0.05, 0.1) is 6.42 Å². The second-order valence-corrected chi connectivity index (χ2v) is 3.97. The molecule has 1 aliphatic rings. The third-order valence-electron chi connectivity index (χ3n) is 2.45. The van der Waals surface area contributed by atoms with Crippen LogP contribution in [0.3, 0.4) is 0 Å². The number of rotatable bonds is 4. The van der Waals surface area contributed by atoms with Crippen LogP contribution in [0.5, 0.6) is 0 Å². The molecule has 0 aromatic carbocycles. The van der Waals surface area contributed by atoms with Crippen molar-refractivity contribution in [1.82, 2.24) is 5.32 Å². The van der Waals surface area contributed by atoms with Gasteiger partial charge in [0.15, 0.2) is 0 Å². The SMILES string of the molecule is C=CCOC(=O)C[C@@H]1NC(C(F)(F)F)(C(F)(F)F)OC1=O. The maximum atomic E-state index is 12.6. The summed E-state index contributed by atoms with van der Waals surface area (Å²) < 4.78 is 83.5. The van der Waals surface area contributed by atoms with Crippen LogP contribution >= 0.6 is 0 Å². The predicted octanol–water partition coefficient (Wildman–Crippen LogP) is 1.44. The van der Waals surface area contributed by atoms with Gasteiger partial charge in [-0.1, -0.05) is 12.7 Å². The van der Waals surface area contributed by atoms with E-state index in [4.69, 9.17) is 0 Å². The smallest absolute Gasteiger partial charge is 0.452 e. The summed E-state index contributed by atoms with van der Waals surface area (Å²) >= 11 is 0. The van der Waals surface area contributed by atoms with Crippen LogP contribution in [-0.2, 0) is 19.1 Å². The average Bonchev–Trinajstić information content (AvgIpc) is 2.64. The van der Waals surface area contributed by atoms with Crippen LogP contribution in [0.2, 0.25) is 0 Å². The average molecular weight is 321 g/mol. The molecule has 120 valence electrons. The molecular formula is C10H9F6NO4. The van der Waals surface area contributed by atoms with Gasteiger partial charge in [-0.05, 0) is 0 Å². The van der Waals surface area contributed by atoms with Crippen molar-refractivity contribution in [2.75, 3.05) is 6.61 Å². The fraction of sp³-hybridized carbons (Fsp3) is 0.600. The summed E-state index contributed by atoms with van der Waals surface area (Å²) in [6.07, 6.45) is -11.8. The lowest BCUT2D eigenvalue weighted by Crippen LogP contribution is -2.65. The lowest BCUT2D eigenvalue weighted by atomic mass is 10.1. The van der Waals surface area contributed by atoms with E-state index in [9.17, 15) is 35.9 Å². The van der Waals surface area contributed by atoms with E-state index < -0.39 is 42.5 Å². The second-order valence-electron chi connectivity index (χ2n) is 3.97. The van der Waals surface area contributed by atoms with E-state index in [0.29, 0.717) is 0 Å². The van der Waals surface area contributed by atoms with Crippen LogP contribution in [-0.4, -0.2) is 42.7 Å². The van der Waals surface area contributed by atoms with E-state index in [0.717, 1.165) is 11.4 Å². The zero-order chi connectivity index (χ0) is 16.5. The number of hydrogen-bond donors (Lipinski definition) is 1. The van der Waals surface area contributed by atoms with Crippen LogP contribution in [0, 0.1) is 0 Å². The summed E-state index contributed by atoms with van der Waals surface area (Å²) in [6.45, 7) is 2.88. The number of ether oxygens (including phenoxy) is 2. The minimum Gasteiger partial charge on any atom is -0.461 e. The van der Waals surface area contributed by atoms with Gasteiger partial charge in [-0.2, -0.15) is 26.3 Å². The number of alkyl halides is 6. The molecule has 1 saturated heterocycles. The van der Waals surface area contributed by atoms with Gasteiger partial charge in [-0.15, -0.1) is 0 Å². The molecular weight excluding hydrogens is 312 g/mol. The van der Waals surface area contributed by atoms with Gasteiger partial charge in [0.25, 0.3) is 0 Å². The molecule has 0 amide bonds. The molecule has 0 aromatic rings. The Morgan fingerprint density at radius 3 is 2.24 bits per heavy atom. The Morgan fingerprint density at radius 1 is 1.33 bits per heavy atom. The third kappa shape index (κ3) is 3.28. The van der Waals surface area contributed by atoms with Crippen molar-refractivity contribution in [1.29, 1.82) is 0 Å². The second kappa shape index (κ2) is 5.54. The van der Waals surface area contributed by atoms with Crippen molar-refractivity contribution in [2.24, 2.45) is 0 Å². The monoisotopic (exact) mass is 321 g/mol. The van der Waals surface area contributed by atoms with E-state index in [1.807, 2.05) is 0 Å². The molecule has 1 fully saturated rings. The zero-order valence-electron chi connectivity index (χ0n) is 10.2. The van der Waals surface area contributed by atoms with Gasteiger partial charge in [0, 0.05) is 0 Å². The quantitative estimate of drug-likeness (QED) is 0.482. The molecule has 0 radical (unpaired) electrons. The van der Waals surface area contributed by atoms with Crippen LogP contribution in [0.4, 0.5) is 26.3 Å². The fourth-order valence-electron chi connectivity index (χ4n) is 1.51. The van der Waals surface area contributed by atoms with Gasteiger partial charge >= 0.3 is 30.0 Å². The van der Waals surface area contributed by atoms with Crippen molar-refractivity contribution in [3.05, 3.63) is 12.7 Å². The zero-order valence-corrected chi connectivity index (χ0v) is 10.2. The van der Waals surface area contributed by atoms with Gasteiger partial charge in [0.1, 0.15) is 12.6 Å². The van der Waals surface area contributed by atoms with Crippen molar-refractivity contribution < 1.29 is 45.4 Å². The summed E-state index contributed by atoms with van der Waals surface area (Å²) in [4.78, 5) is 22.3. The van der Waals surface area contributed by atoms with E-state index >= 15 is 0 Å². The van der Waals surface area contributed by atoms with Crippen molar-refractivity contribution in [3.8, 4) is 0 Å². The Morgan fingerprint density at radius 2 is 1.86 bits per heavy atom. The van der Waals surface area contributed by atoms with E-state index in [2.05, 4.69) is 16.1 Å². The molecule has 1 N–H and O–H groups in total. The van der Waals surface area contributed by atoms with Crippen molar-refractivity contribution in [2.45, 2.75) is 30.5 Å². The topological polar surface area (TPSA) is 64.6 Å². The molecule has 0 bridgehead atoms. The molecule has 21 heavy (non-hydrogen) atoms. The molecule has 5 nitrogen and oxygen atoms in total. The summed E-state index contributed by atoms with van der Waals surface area (Å²) in [5.74, 6) is -3.02. The Labute approximate surface area is 113 Å². The molecule has 1 aliphatic heterocycles. The first-order valence-electron chi connectivity index (χ1n) is 5.35.